The van der Waals surface area contributed by atoms with E-state index in [0.29, 0.717) is 13.0 Å². The van der Waals surface area contributed by atoms with Gasteiger partial charge in [-0.1, -0.05) is 39.8 Å². The fourth-order valence-electron chi connectivity index (χ4n) is 2.34. The molecule has 8 heteroatoms. The fourth-order valence-corrected chi connectivity index (χ4v) is 3.68. The van der Waals surface area contributed by atoms with Crippen LogP contribution in [-0.4, -0.2) is 20.7 Å². The van der Waals surface area contributed by atoms with Gasteiger partial charge in [0.2, 0.25) is 5.91 Å². The second kappa shape index (κ2) is 8.35. The van der Waals surface area contributed by atoms with Crippen molar-refractivity contribution in [2.45, 2.75) is 30.3 Å². The summed E-state index contributed by atoms with van der Waals surface area (Å²) in [6.07, 6.45) is 2.34. The first-order valence-corrected chi connectivity index (χ1v) is 9.49. The van der Waals surface area contributed by atoms with Crippen molar-refractivity contribution in [3.63, 3.8) is 0 Å². The van der Waals surface area contributed by atoms with Crippen molar-refractivity contribution in [3.05, 3.63) is 64.3 Å². The summed E-state index contributed by atoms with van der Waals surface area (Å²) in [5, 5.41) is 9.30. The molecule has 3 rings (SSSR count). The Morgan fingerprint density at radius 2 is 2.16 bits per heavy atom. The van der Waals surface area contributed by atoms with Crippen molar-refractivity contribution in [2.75, 3.05) is 0 Å². The van der Waals surface area contributed by atoms with Crippen molar-refractivity contribution in [1.82, 2.24) is 14.8 Å². The van der Waals surface area contributed by atoms with Crippen molar-refractivity contribution in [2.24, 2.45) is 5.73 Å². The lowest BCUT2D eigenvalue weighted by molar-refractivity contribution is -0.118. The van der Waals surface area contributed by atoms with E-state index in [0.717, 1.165) is 27.0 Å². The van der Waals surface area contributed by atoms with Crippen LogP contribution in [-0.2, 0) is 23.5 Å². The number of nitrogens with two attached hydrogens (primary N) is 1. The number of primary amides is 1. The maximum Gasteiger partial charge on any atom is 0.217 e. The fraction of sp³-hybridized carbons (Fsp3) is 0.235. The van der Waals surface area contributed by atoms with Gasteiger partial charge < -0.3 is 10.2 Å². The lowest BCUT2D eigenvalue weighted by atomic mass is 10.2. The molecule has 0 fully saturated rings. The summed E-state index contributed by atoms with van der Waals surface area (Å²) in [5.74, 6) is 1.96. The molecule has 0 spiro atoms. The third-order valence-electron chi connectivity index (χ3n) is 3.54. The maximum absolute atomic E-state index is 11.1. The number of halogens is 1. The van der Waals surface area contributed by atoms with E-state index >= 15 is 0 Å². The normalized spacial score (nSPS) is 10.9. The minimum Gasteiger partial charge on any atom is -0.467 e. The van der Waals surface area contributed by atoms with Crippen molar-refractivity contribution in [3.8, 4) is 0 Å². The molecule has 0 aliphatic carbocycles. The first-order chi connectivity index (χ1) is 12.1. The first-order valence-electron chi connectivity index (χ1n) is 7.72. The van der Waals surface area contributed by atoms with Crippen LogP contribution in [0.3, 0.4) is 0 Å². The summed E-state index contributed by atoms with van der Waals surface area (Å²) >= 11 is 5.08. The summed E-state index contributed by atoms with van der Waals surface area (Å²) in [7, 11) is 0. The predicted molar refractivity (Wildman–Crippen MR) is 99.1 cm³/mol. The zero-order valence-corrected chi connectivity index (χ0v) is 15.8. The third-order valence-corrected chi connectivity index (χ3v) is 5.07. The van der Waals surface area contributed by atoms with Gasteiger partial charge in [-0.2, -0.15) is 0 Å². The van der Waals surface area contributed by atoms with Crippen LogP contribution in [0.5, 0.6) is 0 Å². The number of aromatic nitrogens is 3. The summed E-state index contributed by atoms with van der Waals surface area (Å²) in [5.41, 5.74) is 6.44. The maximum atomic E-state index is 11.1. The Balaban J connectivity index is 1.78. The second-order valence-corrected chi connectivity index (χ2v) is 7.31. The van der Waals surface area contributed by atoms with Gasteiger partial charge in [0.25, 0.3) is 0 Å². The third kappa shape index (κ3) is 4.96. The molecule has 2 aromatic heterocycles. The number of hydrogen-bond acceptors (Lipinski definition) is 5. The van der Waals surface area contributed by atoms with Gasteiger partial charge in [-0.25, -0.2) is 0 Å². The van der Waals surface area contributed by atoms with Gasteiger partial charge in [0, 0.05) is 23.1 Å². The monoisotopic (exact) mass is 420 g/mol. The van der Waals surface area contributed by atoms with Gasteiger partial charge in [-0.05, 0) is 29.8 Å². The number of hydrogen-bond donors (Lipinski definition) is 1. The quantitative estimate of drug-likeness (QED) is 0.564. The topological polar surface area (TPSA) is 86.9 Å². The Morgan fingerprint density at radius 1 is 1.28 bits per heavy atom. The molecule has 0 saturated carbocycles. The number of carbonyl (C=O) groups is 1. The SMILES string of the molecule is NC(=O)CCc1nnc(SCc2cccc(Br)c2)n1Cc1ccco1. The van der Waals surface area contributed by atoms with Gasteiger partial charge in [0.1, 0.15) is 11.6 Å². The molecule has 25 heavy (non-hydrogen) atoms. The van der Waals surface area contributed by atoms with E-state index in [9.17, 15) is 4.79 Å². The minimum atomic E-state index is -0.351. The Kier molecular flexibility index (Phi) is 5.93. The van der Waals surface area contributed by atoms with Crippen molar-refractivity contribution in [1.29, 1.82) is 0 Å². The molecule has 0 bridgehead atoms. The molecule has 0 aliphatic rings. The van der Waals surface area contributed by atoms with E-state index in [1.54, 1.807) is 18.0 Å². The molecule has 3 aromatic rings. The molecule has 6 nitrogen and oxygen atoms in total. The molecule has 130 valence electrons. The van der Waals surface area contributed by atoms with Crippen LogP contribution >= 0.6 is 27.7 Å². The predicted octanol–water partition coefficient (Wildman–Crippen LogP) is 3.39. The number of rotatable bonds is 8. The smallest absolute Gasteiger partial charge is 0.217 e. The van der Waals surface area contributed by atoms with Crippen LogP contribution in [0.2, 0.25) is 0 Å². The molecular weight excluding hydrogens is 404 g/mol. The molecule has 1 amide bonds. The van der Waals surface area contributed by atoms with E-state index in [1.165, 1.54) is 5.56 Å². The zero-order chi connectivity index (χ0) is 17.6. The molecule has 0 aliphatic heterocycles. The Bertz CT molecular complexity index is 848. The number of amides is 1. The second-order valence-electron chi connectivity index (χ2n) is 5.45. The highest BCUT2D eigenvalue weighted by molar-refractivity contribution is 9.10. The number of benzene rings is 1. The standard InChI is InChI=1S/C17H17BrN4O2S/c18-13-4-1-3-12(9-13)11-25-17-21-20-16(7-6-15(19)23)22(17)10-14-5-2-8-24-14/h1-5,8-9H,6-7,10-11H2,(H2,19,23). The van der Waals surface area contributed by atoms with E-state index in [-0.39, 0.29) is 12.3 Å². The number of aryl methyl sites for hydroxylation is 1. The molecule has 0 atom stereocenters. The Hall–Kier alpha value is -2.06. The van der Waals surface area contributed by atoms with E-state index in [2.05, 4.69) is 38.3 Å². The number of carbonyl (C=O) groups excluding carboxylic acids is 1. The van der Waals surface area contributed by atoms with Crippen LogP contribution in [0.15, 0.2) is 56.7 Å². The number of furan rings is 1. The Labute approximate surface area is 157 Å². The van der Waals surface area contributed by atoms with Crippen LogP contribution in [0.4, 0.5) is 0 Å². The van der Waals surface area contributed by atoms with Crippen molar-refractivity contribution >= 4 is 33.6 Å². The van der Waals surface area contributed by atoms with Crippen LogP contribution in [0.25, 0.3) is 0 Å². The highest BCUT2D eigenvalue weighted by Gasteiger charge is 2.15. The molecule has 1 aromatic carbocycles. The summed E-state index contributed by atoms with van der Waals surface area (Å²) in [4.78, 5) is 11.1. The average molecular weight is 421 g/mol. The van der Waals surface area contributed by atoms with Gasteiger partial charge >= 0.3 is 0 Å². The summed E-state index contributed by atoms with van der Waals surface area (Å²) in [6, 6.07) is 11.9. The highest BCUT2D eigenvalue weighted by Crippen LogP contribution is 2.25. The largest absolute Gasteiger partial charge is 0.467 e. The van der Waals surface area contributed by atoms with Gasteiger partial charge in [-0.3, -0.25) is 9.36 Å². The van der Waals surface area contributed by atoms with E-state index in [1.807, 2.05) is 28.8 Å². The van der Waals surface area contributed by atoms with Gasteiger partial charge in [0.15, 0.2) is 5.16 Å². The van der Waals surface area contributed by atoms with Crippen LogP contribution in [0.1, 0.15) is 23.6 Å². The van der Waals surface area contributed by atoms with Gasteiger partial charge in [-0.15, -0.1) is 10.2 Å². The Morgan fingerprint density at radius 3 is 2.88 bits per heavy atom. The first kappa shape index (κ1) is 17.8. The molecular formula is C17H17BrN4O2S. The molecule has 0 radical (unpaired) electrons. The zero-order valence-electron chi connectivity index (χ0n) is 13.4. The van der Waals surface area contributed by atoms with E-state index in [4.69, 9.17) is 10.2 Å². The van der Waals surface area contributed by atoms with E-state index < -0.39 is 0 Å². The van der Waals surface area contributed by atoms with Gasteiger partial charge in [0.05, 0.1) is 12.8 Å². The van der Waals surface area contributed by atoms with Crippen molar-refractivity contribution < 1.29 is 9.21 Å². The number of nitrogens with zero attached hydrogens (tertiary/aromatic N) is 3. The molecule has 0 saturated heterocycles. The average Bonchev–Trinajstić information content (AvgIpc) is 3.22. The lowest BCUT2D eigenvalue weighted by Gasteiger charge is -2.08. The molecule has 0 unspecified atom stereocenters. The molecule has 2 heterocycles. The highest BCUT2D eigenvalue weighted by atomic mass is 79.9. The molecule has 2 N–H and O–H groups in total. The van der Waals surface area contributed by atoms with Crippen LogP contribution < -0.4 is 5.73 Å². The lowest BCUT2D eigenvalue weighted by Crippen LogP contribution is -2.14. The van der Waals surface area contributed by atoms with Crippen LogP contribution in [0, 0.1) is 0 Å². The summed E-state index contributed by atoms with van der Waals surface area (Å²) in [6.45, 7) is 0.523. The number of thioether (sulfide) groups is 1. The minimum absolute atomic E-state index is 0.243. The summed E-state index contributed by atoms with van der Waals surface area (Å²) < 4.78 is 8.46.